The molecule has 0 spiro atoms. The van der Waals surface area contributed by atoms with E-state index in [9.17, 15) is 14.4 Å². The van der Waals surface area contributed by atoms with Crippen LogP contribution < -0.4 is 10.6 Å². The van der Waals surface area contributed by atoms with E-state index in [1.807, 2.05) is 0 Å². The molecule has 1 fully saturated rings. The fraction of sp³-hybridized carbons (Fsp3) is 0.500. The van der Waals surface area contributed by atoms with Crippen molar-refractivity contribution in [1.29, 1.82) is 0 Å². The zero-order valence-corrected chi connectivity index (χ0v) is 12.8. The molecular formula is C14H18N2O4S. The minimum atomic E-state index is -0.686. The minimum Gasteiger partial charge on any atom is -0.455 e. The summed E-state index contributed by atoms with van der Waals surface area (Å²) in [4.78, 5) is 34.6. The average molecular weight is 310 g/mol. The first-order valence-corrected chi connectivity index (χ1v) is 7.85. The highest BCUT2D eigenvalue weighted by Gasteiger charge is 2.28. The van der Waals surface area contributed by atoms with Gasteiger partial charge in [0.25, 0.3) is 5.91 Å². The Bertz CT molecular complexity index is 553. The van der Waals surface area contributed by atoms with Gasteiger partial charge in [0.05, 0.1) is 5.75 Å². The van der Waals surface area contributed by atoms with Crippen LogP contribution in [0.3, 0.4) is 0 Å². The van der Waals surface area contributed by atoms with Crippen molar-refractivity contribution in [2.75, 3.05) is 0 Å². The smallest absolute Gasteiger partial charge is 0.287 e. The maximum absolute atomic E-state index is 12.0. The summed E-state index contributed by atoms with van der Waals surface area (Å²) in [6, 6.07) is 2.67. The zero-order valence-electron chi connectivity index (χ0n) is 12.0. The van der Waals surface area contributed by atoms with Gasteiger partial charge in [0, 0.05) is 6.42 Å². The van der Waals surface area contributed by atoms with Crippen LogP contribution in [0.4, 0.5) is 0 Å². The number of rotatable bonds is 5. The molecule has 1 saturated heterocycles. The van der Waals surface area contributed by atoms with Gasteiger partial charge in [-0.15, -0.1) is 0 Å². The highest BCUT2D eigenvalue weighted by Crippen LogP contribution is 2.19. The van der Waals surface area contributed by atoms with Crippen molar-refractivity contribution >= 4 is 29.5 Å². The van der Waals surface area contributed by atoms with Crippen LogP contribution in [0, 0.1) is 0 Å². The Morgan fingerprint density at radius 3 is 2.90 bits per heavy atom. The predicted octanol–water partition coefficient (Wildman–Crippen LogP) is 1.46. The summed E-state index contributed by atoms with van der Waals surface area (Å²) in [6.45, 7) is 4.18. The number of amides is 3. The lowest BCUT2D eigenvalue weighted by Gasteiger charge is -2.21. The van der Waals surface area contributed by atoms with Crippen LogP contribution in [-0.2, 0) is 15.3 Å². The normalized spacial score (nSPS) is 18.7. The van der Waals surface area contributed by atoms with Crippen molar-refractivity contribution in [3.05, 3.63) is 23.7 Å². The lowest BCUT2D eigenvalue weighted by atomic mass is 10.1. The van der Waals surface area contributed by atoms with Crippen LogP contribution in [0.15, 0.2) is 16.5 Å². The lowest BCUT2D eigenvalue weighted by molar-refractivity contribution is -0.134. The summed E-state index contributed by atoms with van der Waals surface area (Å²) in [6.07, 6.45) is 0.540. The van der Waals surface area contributed by atoms with Gasteiger partial charge < -0.3 is 9.73 Å². The summed E-state index contributed by atoms with van der Waals surface area (Å²) in [7, 11) is 0. The molecule has 0 aliphatic carbocycles. The van der Waals surface area contributed by atoms with Gasteiger partial charge >= 0.3 is 0 Å². The Morgan fingerprint density at radius 2 is 2.24 bits per heavy atom. The molecule has 1 aromatic heterocycles. The highest BCUT2D eigenvalue weighted by atomic mass is 32.2. The largest absolute Gasteiger partial charge is 0.455 e. The number of imide groups is 1. The first kappa shape index (κ1) is 15.6. The summed E-state index contributed by atoms with van der Waals surface area (Å²) in [5, 5.41) is 5.26. The molecule has 1 aliphatic rings. The van der Waals surface area contributed by atoms with Crippen molar-refractivity contribution in [3.8, 4) is 0 Å². The Hall–Kier alpha value is -1.76. The molecule has 1 aliphatic heterocycles. The Morgan fingerprint density at radius 1 is 1.48 bits per heavy atom. The lowest BCUT2D eigenvalue weighted by Crippen LogP contribution is -2.52. The molecule has 1 aromatic rings. The van der Waals surface area contributed by atoms with Gasteiger partial charge in [0.15, 0.2) is 5.76 Å². The van der Waals surface area contributed by atoms with Gasteiger partial charge in [0.2, 0.25) is 11.8 Å². The number of hydrogen-bond acceptors (Lipinski definition) is 5. The molecule has 2 heterocycles. The van der Waals surface area contributed by atoms with Crippen LogP contribution in [0.25, 0.3) is 0 Å². The van der Waals surface area contributed by atoms with Crippen molar-refractivity contribution in [2.24, 2.45) is 0 Å². The van der Waals surface area contributed by atoms with Crippen LogP contribution in [0.2, 0.25) is 0 Å². The van der Waals surface area contributed by atoms with Crippen molar-refractivity contribution in [3.63, 3.8) is 0 Å². The van der Waals surface area contributed by atoms with E-state index in [0.29, 0.717) is 17.4 Å². The molecule has 2 N–H and O–H groups in total. The van der Waals surface area contributed by atoms with E-state index in [1.54, 1.807) is 23.9 Å². The van der Waals surface area contributed by atoms with Crippen LogP contribution >= 0.6 is 11.8 Å². The third-order valence-electron chi connectivity index (χ3n) is 2.99. The monoisotopic (exact) mass is 310 g/mol. The zero-order chi connectivity index (χ0) is 15.4. The number of piperidine rings is 1. The van der Waals surface area contributed by atoms with Gasteiger partial charge in [-0.2, -0.15) is 11.8 Å². The second-order valence-corrected chi connectivity index (χ2v) is 6.67. The predicted molar refractivity (Wildman–Crippen MR) is 78.8 cm³/mol. The summed E-state index contributed by atoms with van der Waals surface area (Å²) >= 11 is 1.72. The maximum Gasteiger partial charge on any atom is 0.287 e. The SMILES string of the molecule is CC(C)SCc1ccc(C(=O)NC2CCC(=O)NC2=O)o1. The van der Waals surface area contributed by atoms with Gasteiger partial charge in [-0.25, -0.2) is 0 Å². The third-order valence-corrected chi connectivity index (χ3v) is 4.11. The summed E-state index contributed by atoms with van der Waals surface area (Å²) < 4.78 is 5.46. The number of carbonyl (C=O) groups is 3. The molecule has 21 heavy (non-hydrogen) atoms. The van der Waals surface area contributed by atoms with Crippen LogP contribution in [0.5, 0.6) is 0 Å². The fourth-order valence-corrected chi connectivity index (χ4v) is 2.54. The second-order valence-electron chi connectivity index (χ2n) is 5.10. The molecule has 0 aromatic carbocycles. The summed E-state index contributed by atoms with van der Waals surface area (Å²) in [5.74, 6) is 0.383. The van der Waals surface area contributed by atoms with Crippen LogP contribution in [-0.4, -0.2) is 29.0 Å². The molecule has 0 saturated carbocycles. The average Bonchev–Trinajstić information content (AvgIpc) is 2.88. The van der Waals surface area contributed by atoms with Gasteiger partial charge in [0.1, 0.15) is 11.8 Å². The second kappa shape index (κ2) is 6.80. The Labute approximate surface area is 127 Å². The molecule has 0 bridgehead atoms. The number of thioether (sulfide) groups is 1. The molecule has 1 unspecified atom stereocenters. The van der Waals surface area contributed by atoms with E-state index >= 15 is 0 Å². The topological polar surface area (TPSA) is 88.4 Å². The van der Waals surface area contributed by atoms with Gasteiger partial charge in [-0.05, 0) is 23.8 Å². The Balaban J connectivity index is 1.91. The molecule has 2 rings (SSSR count). The number of furan rings is 1. The first-order chi connectivity index (χ1) is 9.95. The number of carbonyl (C=O) groups excluding carboxylic acids is 3. The standard InChI is InChI=1S/C14H18N2O4S/c1-8(2)21-7-9-3-5-11(20-9)14(19)15-10-4-6-12(17)16-13(10)18/h3,5,8,10H,4,6-7H2,1-2H3,(H,15,19)(H,16,17,18). The Kier molecular flexibility index (Phi) is 5.06. The van der Waals surface area contributed by atoms with E-state index in [4.69, 9.17) is 4.42 Å². The van der Waals surface area contributed by atoms with E-state index in [0.717, 1.165) is 5.76 Å². The van der Waals surface area contributed by atoms with Crippen molar-refractivity contribution < 1.29 is 18.8 Å². The quantitative estimate of drug-likeness (QED) is 0.804. The fourth-order valence-electron chi connectivity index (χ4n) is 1.89. The van der Waals surface area contributed by atoms with Crippen LogP contribution in [0.1, 0.15) is 43.0 Å². The van der Waals surface area contributed by atoms with E-state index in [-0.39, 0.29) is 18.1 Å². The molecular weight excluding hydrogens is 292 g/mol. The minimum absolute atomic E-state index is 0.180. The molecule has 0 radical (unpaired) electrons. The summed E-state index contributed by atoms with van der Waals surface area (Å²) in [5.41, 5.74) is 0. The van der Waals surface area contributed by atoms with Gasteiger partial charge in [-0.1, -0.05) is 13.8 Å². The van der Waals surface area contributed by atoms with Gasteiger partial charge in [-0.3, -0.25) is 19.7 Å². The number of hydrogen-bond donors (Lipinski definition) is 2. The maximum atomic E-state index is 12.0. The molecule has 7 heteroatoms. The number of nitrogens with one attached hydrogen (secondary N) is 2. The van der Waals surface area contributed by atoms with E-state index < -0.39 is 17.9 Å². The molecule has 1 atom stereocenters. The highest BCUT2D eigenvalue weighted by molar-refractivity contribution is 7.99. The molecule has 6 nitrogen and oxygen atoms in total. The van der Waals surface area contributed by atoms with Crippen molar-refractivity contribution in [2.45, 2.75) is 43.7 Å². The van der Waals surface area contributed by atoms with E-state index in [1.165, 1.54) is 0 Å². The van der Waals surface area contributed by atoms with E-state index in [2.05, 4.69) is 24.5 Å². The molecule has 114 valence electrons. The first-order valence-electron chi connectivity index (χ1n) is 6.80. The third kappa shape index (κ3) is 4.35. The molecule has 3 amide bonds. The van der Waals surface area contributed by atoms with Crippen molar-refractivity contribution in [1.82, 2.24) is 10.6 Å².